The number of benzene rings is 2. The molecule has 0 fully saturated rings. The van der Waals surface area contributed by atoms with Gasteiger partial charge in [0.05, 0.1) is 4.47 Å². The van der Waals surface area contributed by atoms with Crippen molar-refractivity contribution >= 4 is 21.9 Å². The van der Waals surface area contributed by atoms with Gasteiger partial charge in [-0.1, -0.05) is 39.0 Å². The van der Waals surface area contributed by atoms with Crippen LogP contribution in [0.5, 0.6) is 11.5 Å². The number of aryl methyl sites for hydroxylation is 2. The Hall–Kier alpha value is -1.81. The second kappa shape index (κ2) is 8.88. The monoisotopic (exact) mass is 390 g/mol. The number of esters is 1. The maximum absolute atomic E-state index is 11.5. The molecule has 0 aliphatic rings. The standard InChI is InChI=1S/C20H23BrO3/c1-4-14-11-17(21)19(12-15(14)5-2)23-13-16-9-7-8-10-18(16)24-20(22)6-3/h7-12H,4-6,13H2,1-3H3. The summed E-state index contributed by atoms with van der Waals surface area (Å²) in [6.07, 6.45) is 2.31. The summed E-state index contributed by atoms with van der Waals surface area (Å²) in [7, 11) is 0. The molecule has 0 radical (unpaired) electrons. The first-order valence-corrected chi connectivity index (χ1v) is 9.10. The molecule has 24 heavy (non-hydrogen) atoms. The van der Waals surface area contributed by atoms with Gasteiger partial charge in [0, 0.05) is 12.0 Å². The highest BCUT2D eigenvalue weighted by Crippen LogP contribution is 2.31. The van der Waals surface area contributed by atoms with Gasteiger partial charge in [-0.3, -0.25) is 4.79 Å². The molecule has 3 nitrogen and oxygen atoms in total. The first-order valence-electron chi connectivity index (χ1n) is 8.31. The third-order valence-corrected chi connectivity index (χ3v) is 4.50. The van der Waals surface area contributed by atoms with E-state index in [0.29, 0.717) is 18.8 Å². The second-order valence-electron chi connectivity index (χ2n) is 5.48. The lowest BCUT2D eigenvalue weighted by atomic mass is 10.0. The van der Waals surface area contributed by atoms with E-state index < -0.39 is 0 Å². The molecule has 0 bridgehead atoms. The second-order valence-corrected chi connectivity index (χ2v) is 6.34. The topological polar surface area (TPSA) is 35.5 Å². The Balaban J connectivity index is 2.18. The summed E-state index contributed by atoms with van der Waals surface area (Å²) in [6.45, 7) is 6.42. The Bertz CT molecular complexity index is 710. The van der Waals surface area contributed by atoms with Crippen LogP contribution in [0.4, 0.5) is 0 Å². The number of halogens is 1. The number of ether oxygens (including phenoxy) is 2. The van der Waals surface area contributed by atoms with Crippen LogP contribution in [-0.4, -0.2) is 5.97 Å². The molecule has 0 aromatic heterocycles. The van der Waals surface area contributed by atoms with Crippen LogP contribution >= 0.6 is 15.9 Å². The minimum absolute atomic E-state index is 0.246. The van der Waals surface area contributed by atoms with E-state index in [1.807, 2.05) is 18.2 Å². The van der Waals surface area contributed by atoms with E-state index in [1.165, 1.54) is 11.1 Å². The largest absolute Gasteiger partial charge is 0.488 e. The summed E-state index contributed by atoms with van der Waals surface area (Å²) in [5.41, 5.74) is 3.47. The van der Waals surface area contributed by atoms with Crippen LogP contribution in [0.2, 0.25) is 0 Å². The summed E-state index contributed by atoms with van der Waals surface area (Å²) in [4.78, 5) is 11.5. The predicted molar refractivity (Wildman–Crippen MR) is 99.6 cm³/mol. The summed E-state index contributed by atoms with van der Waals surface area (Å²) >= 11 is 3.58. The number of hydrogen-bond acceptors (Lipinski definition) is 3. The van der Waals surface area contributed by atoms with Crippen LogP contribution in [0.1, 0.15) is 43.9 Å². The lowest BCUT2D eigenvalue weighted by Crippen LogP contribution is -2.08. The molecule has 0 aliphatic heterocycles. The summed E-state index contributed by atoms with van der Waals surface area (Å²) in [5, 5.41) is 0. The van der Waals surface area contributed by atoms with Gasteiger partial charge in [0.15, 0.2) is 0 Å². The fourth-order valence-electron chi connectivity index (χ4n) is 2.48. The Morgan fingerprint density at radius 1 is 0.958 bits per heavy atom. The summed E-state index contributed by atoms with van der Waals surface area (Å²) in [6, 6.07) is 11.7. The molecule has 0 amide bonds. The average Bonchev–Trinajstić information content (AvgIpc) is 2.61. The maximum atomic E-state index is 11.5. The number of carbonyl (C=O) groups is 1. The van der Waals surface area contributed by atoms with E-state index in [9.17, 15) is 4.79 Å². The van der Waals surface area contributed by atoms with Gasteiger partial charge in [0.1, 0.15) is 18.1 Å². The van der Waals surface area contributed by atoms with E-state index in [1.54, 1.807) is 13.0 Å². The van der Waals surface area contributed by atoms with Crippen LogP contribution < -0.4 is 9.47 Å². The fraction of sp³-hybridized carbons (Fsp3) is 0.350. The van der Waals surface area contributed by atoms with E-state index in [0.717, 1.165) is 28.6 Å². The lowest BCUT2D eigenvalue weighted by molar-refractivity contribution is -0.134. The van der Waals surface area contributed by atoms with Crippen molar-refractivity contribution in [3.63, 3.8) is 0 Å². The van der Waals surface area contributed by atoms with Gasteiger partial charge in [-0.25, -0.2) is 0 Å². The average molecular weight is 391 g/mol. The quantitative estimate of drug-likeness (QED) is 0.464. The maximum Gasteiger partial charge on any atom is 0.310 e. The van der Waals surface area contributed by atoms with Crippen molar-refractivity contribution in [2.24, 2.45) is 0 Å². The van der Waals surface area contributed by atoms with Gasteiger partial charge < -0.3 is 9.47 Å². The SMILES string of the molecule is CCC(=O)Oc1ccccc1COc1cc(CC)c(CC)cc1Br. The van der Waals surface area contributed by atoms with Gasteiger partial charge in [-0.15, -0.1) is 0 Å². The molecule has 0 N–H and O–H groups in total. The molecule has 2 rings (SSSR count). The van der Waals surface area contributed by atoms with Gasteiger partial charge in [0.25, 0.3) is 0 Å². The molecule has 128 valence electrons. The van der Waals surface area contributed by atoms with Gasteiger partial charge in [-0.05, 0) is 58.1 Å². The highest BCUT2D eigenvalue weighted by Gasteiger charge is 2.11. The van der Waals surface area contributed by atoms with Crippen molar-refractivity contribution < 1.29 is 14.3 Å². The molecule has 2 aromatic rings. The Morgan fingerprint density at radius 3 is 2.29 bits per heavy atom. The summed E-state index contributed by atoms with van der Waals surface area (Å²) < 4.78 is 12.3. The zero-order valence-corrected chi connectivity index (χ0v) is 16.0. The van der Waals surface area contributed by atoms with Gasteiger partial charge >= 0.3 is 5.97 Å². The van der Waals surface area contributed by atoms with E-state index in [2.05, 4.69) is 41.9 Å². The van der Waals surface area contributed by atoms with Crippen LogP contribution in [0, 0.1) is 0 Å². The first-order chi connectivity index (χ1) is 11.6. The van der Waals surface area contributed by atoms with Gasteiger partial charge in [0.2, 0.25) is 0 Å². The number of para-hydroxylation sites is 1. The van der Waals surface area contributed by atoms with Crippen LogP contribution in [0.25, 0.3) is 0 Å². The number of hydrogen-bond donors (Lipinski definition) is 0. The lowest BCUT2D eigenvalue weighted by Gasteiger charge is -2.14. The molecular weight excluding hydrogens is 368 g/mol. The molecule has 0 unspecified atom stereocenters. The third-order valence-electron chi connectivity index (χ3n) is 3.88. The van der Waals surface area contributed by atoms with Crippen LogP contribution in [-0.2, 0) is 24.2 Å². The zero-order valence-electron chi connectivity index (χ0n) is 14.4. The molecule has 0 atom stereocenters. The normalized spacial score (nSPS) is 10.5. The number of rotatable bonds is 7. The minimum Gasteiger partial charge on any atom is -0.488 e. The van der Waals surface area contributed by atoms with Crippen molar-refractivity contribution in [3.05, 3.63) is 57.6 Å². The van der Waals surface area contributed by atoms with Crippen molar-refractivity contribution in [1.29, 1.82) is 0 Å². The van der Waals surface area contributed by atoms with E-state index in [-0.39, 0.29) is 5.97 Å². The smallest absolute Gasteiger partial charge is 0.310 e. The zero-order chi connectivity index (χ0) is 17.5. The van der Waals surface area contributed by atoms with Crippen molar-refractivity contribution in [3.8, 4) is 11.5 Å². The van der Waals surface area contributed by atoms with Crippen LogP contribution in [0.15, 0.2) is 40.9 Å². The first kappa shape index (κ1) is 18.5. The number of carbonyl (C=O) groups excluding carboxylic acids is 1. The van der Waals surface area contributed by atoms with E-state index in [4.69, 9.17) is 9.47 Å². The molecule has 0 aliphatic carbocycles. The molecule has 0 saturated carbocycles. The molecule has 2 aromatic carbocycles. The van der Waals surface area contributed by atoms with E-state index >= 15 is 0 Å². The molecule has 0 heterocycles. The highest BCUT2D eigenvalue weighted by molar-refractivity contribution is 9.10. The molecule has 0 spiro atoms. The van der Waals surface area contributed by atoms with Crippen molar-refractivity contribution in [1.82, 2.24) is 0 Å². The highest BCUT2D eigenvalue weighted by atomic mass is 79.9. The van der Waals surface area contributed by atoms with Crippen molar-refractivity contribution in [2.45, 2.75) is 46.6 Å². The van der Waals surface area contributed by atoms with Crippen molar-refractivity contribution in [2.75, 3.05) is 0 Å². The Morgan fingerprint density at radius 2 is 1.62 bits per heavy atom. The Labute approximate surface area is 152 Å². The Kier molecular flexibility index (Phi) is 6.85. The fourth-order valence-corrected chi connectivity index (χ4v) is 2.98. The third kappa shape index (κ3) is 4.60. The molecule has 4 heteroatoms. The molecule has 0 saturated heterocycles. The summed E-state index contributed by atoms with van der Waals surface area (Å²) in [5.74, 6) is 1.12. The molecular formula is C20H23BrO3. The van der Waals surface area contributed by atoms with Gasteiger partial charge in [-0.2, -0.15) is 0 Å². The predicted octanol–water partition coefficient (Wildman–Crippen LogP) is 5.47. The van der Waals surface area contributed by atoms with Crippen LogP contribution in [0.3, 0.4) is 0 Å². The minimum atomic E-state index is -0.246.